The molecule has 2 aromatic rings. The maximum Gasteiger partial charge on any atom is 0.262 e. The van der Waals surface area contributed by atoms with Crippen LogP contribution in [0.5, 0.6) is 17.2 Å². The molecule has 0 unspecified atom stereocenters. The second-order valence-electron chi connectivity index (χ2n) is 5.47. The first kappa shape index (κ1) is 20.6. The highest BCUT2D eigenvalue weighted by Crippen LogP contribution is 2.27. The Morgan fingerprint density at radius 1 is 1.11 bits per heavy atom. The number of guanidine groups is 1. The lowest BCUT2D eigenvalue weighted by Gasteiger charge is -2.11. The van der Waals surface area contributed by atoms with Crippen LogP contribution in [0.25, 0.3) is 0 Å². The molecule has 0 aliphatic carbocycles. The molecule has 2 aromatic carbocycles. The summed E-state index contributed by atoms with van der Waals surface area (Å²) >= 11 is 0. The van der Waals surface area contributed by atoms with Crippen molar-refractivity contribution >= 4 is 23.8 Å². The number of nitrogens with two attached hydrogens (primary N) is 2. The van der Waals surface area contributed by atoms with Crippen molar-refractivity contribution in [3.05, 3.63) is 48.0 Å². The first-order valence-electron chi connectivity index (χ1n) is 8.47. The van der Waals surface area contributed by atoms with Crippen LogP contribution in [0.1, 0.15) is 12.5 Å². The van der Waals surface area contributed by atoms with E-state index >= 15 is 0 Å². The van der Waals surface area contributed by atoms with Gasteiger partial charge in [-0.1, -0.05) is 0 Å². The normalized spacial score (nSPS) is 10.4. The zero-order valence-electron chi connectivity index (χ0n) is 15.7. The highest BCUT2D eigenvalue weighted by atomic mass is 16.5. The molecule has 28 heavy (non-hydrogen) atoms. The number of nitrogens with zero attached hydrogens (tertiary/aromatic N) is 2. The quantitative estimate of drug-likeness (QED) is 0.342. The van der Waals surface area contributed by atoms with Gasteiger partial charge in [-0.15, -0.1) is 5.10 Å². The Balaban J connectivity index is 1.94. The molecule has 0 spiro atoms. The van der Waals surface area contributed by atoms with E-state index in [9.17, 15) is 4.79 Å². The van der Waals surface area contributed by atoms with E-state index in [0.717, 1.165) is 5.75 Å². The third-order valence-electron chi connectivity index (χ3n) is 3.38. The summed E-state index contributed by atoms with van der Waals surface area (Å²) in [5.74, 6) is 1.17. The fraction of sp³-hybridized carbons (Fsp3) is 0.211. The molecule has 0 heterocycles. The maximum absolute atomic E-state index is 12.1. The van der Waals surface area contributed by atoms with Crippen molar-refractivity contribution in [3.63, 3.8) is 0 Å². The number of methoxy groups -OCH3 is 1. The number of hydrogen-bond donors (Lipinski definition) is 3. The van der Waals surface area contributed by atoms with Gasteiger partial charge in [0.15, 0.2) is 18.1 Å². The molecule has 0 radical (unpaired) electrons. The van der Waals surface area contributed by atoms with Crippen molar-refractivity contribution < 1.29 is 19.0 Å². The molecular formula is C19H23N5O4. The summed E-state index contributed by atoms with van der Waals surface area (Å²) in [5.41, 5.74) is 11.8. The number of ether oxygens (including phenoxy) is 3. The van der Waals surface area contributed by atoms with Crippen LogP contribution in [0, 0.1) is 0 Å². The predicted octanol–water partition coefficient (Wildman–Crippen LogP) is 1.72. The van der Waals surface area contributed by atoms with Crippen LogP contribution < -0.4 is 31.0 Å². The van der Waals surface area contributed by atoms with Gasteiger partial charge in [-0.25, -0.2) is 0 Å². The molecule has 0 aromatic heterocycles. The second-order valence-corrected chi connectivity index (χ2v) is 5.47. The Bertz CT molecular complexity index is 846. The van der Waals surface area contributed by atoms with Gasteiger partial charge in [0.1, 0.15) is 5.75 Å². The van der Waals surface area contributed by atoms with Crippen molar-refractivity contribution in [3.8, 4) is 17.2 Å². The van der Waals surface area contributed by atoms with Crippen LogP contribution in [0.15, 0.2) is 52.7 Å². The van der Waals surface area contributed by atoms with Crippen LogP contribution in [-0.2, 0) is 4.79 Å². The average molecular weight is 385 g/mol. The molecule has 9 nitrogen and oxygen atoms in total. The molecule has 0 bridgehead atoms. The summed E-state index contributed by atoms with van der Waals surface area (Å²) in [6, 6.07) is 12.2. The average Bonchev–Trinajstić information content (AvgIpc) is 2.68. The predicted molar refractivity (Wildman–Crippen MR) is 108 cm³/mol. The van der Waals surface area contributed by atoms with E-state index < -0.39 is 0 Å². The lowest BCUT2D eigenvalue weighted by atomic mass is 10.2. The minimum absolute atomic E-state index is 0.137. The number of benzene rings is 2. The summed E-state index contributed by atoms with van der Waals surface area (Å²) in [5, 5.41) is 10.00. The van der Waals surface area contributed by atoms with Gasteiger partial charge in [-0.3, -0.25) is 4.79 Å². The van der Waals surface area contributed by atoms with E-state index in [2.05, 4.69) is 15.5 Å². The molecule has 0 atom stereocenters. The number of carbonyl (C=O) groups is 1. The first-order valence-corrected chi connectivity index (χ1v) is 8.47. The third kappa shape index (κ3) is 6.52. The number of carbonyl (C=O) groups excluding carboxylic acids is 1. The van der Waals surface area contributed by atoms with E-state index in [1.807, 2.05) is 6.92 Å². The Morgan fingerprint density at radius 3 is 2.50 bits per heavy atom. The van der Waals surface area contributed by atoms with Gasteiger partial charge in [0, 0.05) is 5.69 Å². The zero-order valence-corrected chi connectivity index (χ0v) is 15.7. The SMILES string of the molecule is CCOc1ccc(NC(=O)COc2ccc(C=NN=C(N)N)cc2OC)cc1. The van der Waals surface area contributed by atoms with Crippen LogP contribution in [0.4, 0.5) is 5.69 Å². The van der Waals surface area contributed by atoms with Gasteiger partial charge in [0.05, 0.1) is 19.9 Å². The Kier molecular flexibility index (Phi) is 7.64. The number of amides is 1. The monoisotopic (exact) mass is 385 g/mol. The Hall–Kier alpha value is -3.75. The molecule has 0 aliphatic rings. The van der Waals surface area contributed by atoms with E-state index in [1.54, 1.807) is 42.5 Å². The van der Waals surface area contributed by atoms with Gasteiger partial charge >= 0.3 is 0 Å². The molecular weight excluding hydrogens is 362 g/mol. The molecule has 1 amide bonds. The Morgan fingerprint density at radius 2 is 1.86 bits per heavy atom. The summed E-state index contributed by atoms with van der Waals surface area (Å²) in [7, 11) is 1.50. The summed E-state index contributed by atoms with van der Waals surface area (Å²) in [6.07, 6.45) is 1.46. The number of hydrogen-bond acceptors (Lipinski definition) is 6. The molecule has 148 valence electrons. The standard InChI is InChI=1S/C19H23N5O4/c1-3-27-15-7-5-14(6-8-15)23-18(25)12-28-16-9-4-13(10-17(16)26-2)11-22-24-19(20)21/h4-11H,3,12H2,1-2H3,(H,23,25)(H4,20,21,24). The van der Waals surface area contributed by atoms with Crippen molar-refractivity contribution in [2.75, 3.05) is 25.6 Å². The molecule has 0 saturated carbocycles. The summed E-state index contributed by atoms with van der Waals surface area (Å²) in [4.78, 5) is 12.1. The molecule has 0 saturated heterocycles. The van der Waals surface area contributed by atoms with Crippen molar-refractivity contribution in [1.29, 1.82) is 0 Å². The topological polar surface area (TPSA) is 134 Å². The fourth-order valence-electron chi connectivity index (χ4n) is 2.19. The molecule has 5 N–H and O–H groups in total. The highest BCUT2D eigenvalue weighted by Gasteiger charge is 2.09. The van der Waals surface area contributed by atoms with E-state index in [0.29, 0.717) is 29.4 Å². The van der Waals surface area contributed by atoms with Crippen LogP contribution in [-0.4, -0.2) is 38.4 Å². The number of rotatable bonds is 9. The van der Waals surface area contributed by atoms with Crippen LogP contribution in [0.3, 0.4) is 0 Å². The number of nitrogens with one attached hydrogen (secondary N) is 1. The molecule has 0 fully saturated rings. The minimum Gasteiger partial charge on any atom is -0.494 e. The van der Waals surface area contributed by atoms with Crippen molar-refractivity contribution in [2.45, 2.75) is 6.92 Å². The van der Waals surface area contributed by atoms with Crippen LogP contribution in [0.2, 0.25) is 0 Å². The number of anilines is 1. The Labute approximate surface area is 163 Å². The fourth-order valence-corrected chi connectivity index (χ4v) is 2.19. The van der Waals surface area contributed by atoms with Crippen molar-refractivity contribution in [1.82, 2.24) is 0 Å². The smallest absolute Gasteiger partial charge is 0.262 e. The van der Waals surface area contributed by atoms with Gasteiger partial charge < -0.3 is 31.0 Å². The minimum atomic E-state index is -0.301. The third-order valence-corrected chi connectivity index (χ3v) is 3.38. The lowest BCUT2D eigenvalue weighted by Crippen LogP contribution is -2.21. The molecule has 2 rings (SSSR count). The lowest BCUT2D eigenvalue weighted by molar-refractivity contribution is -0.118. The van der Waals surface area contributed by atoms with Gasteiger partial charge in [0.2, 0.25) is 5.96 Å². The van der Waals surface area contributed by atoms with E-state index in [-0.39, 0.29) is 18.5 Å². The van der Waals surface area contributed by atoms with Gasteiger partial charge in [-0.2, -0.15) is 5.10 Å². The zero-order chi connectivity index (χ0) is 20.4. The van der Waals surface area contributed by atoms with Crippen LogP contribution >= 0.6 is 0 Å². The summed E-state index contributed by atoms with van der Waals surface area (Å²) < 4.78 is 16.2. The molecule has 0 aliphatic heterocycles. The van der Waals surface area contributed by atoms with Gasteiger partial charge in [-0.05, 0) is 55.0 Å². The first-order chi connectivity index (χ1) is 13.5. The summed E-state index contributed by atoms with van der Waals surface area (Å²) in [6.45, 7) is 2.32. The largest absolute Gasteiger partial charge is 0.494 e. The second kappa shape index (κ2) is 10.4. The van der Waals surface area contributed by atoms with E-state index in [1.165, 1.54) is 13.3 Å². The molecule has 9 heteroatoms. The maximum atomic E-state index is 12.1. The van der Waals surface area contributed by atoms with Crippen molar-refractivity contribution in [2.24, 2.45) is 21.7 Å². The van der Waals surface area contributed by atoms with Gasteiger partial charge in [0.25, 0.3) is 5.91 Å². The highest BCUT2D eigenvalue weighted by molar-refractivity contribution is 5.92. The van der Waals surface area contributed by atoms with E-state index in [4.69, 9.17) is 25.7 Å².